The fourth-order valence-corrected chi connectivity index (χ4v) is 3.36. The molecule has 2 saturated heterocycles. The van der Waals surface area contributed by atoms with Crippen LogP contribution in [0.2, 0.25) is 0 Å². The van der Waals surface area contributed by atoms with Crippen LogP contribution in [0.1, 0.15) is 51.2 Å². The highest BCUT2D eigenvalue weighted by Crippen LogP contribution is 2.25. The first-order chi connectivity index (χ1) is 10.9. The van der Waals surface area contributed by atoms with E-state index in [0.29, 0.717) is 18.5 Å². The Kier molecular flexibility index (Phi) is 4.68. The van der Waals surface area contributed by atoms with Gasteiger partial charge in [-0.05, 0) is 20.4 Å². The highest BCUT2D eigenvalue weighted by Gasteiger charge is 2.40. The Morgan fingerprint density at radius 3 is 2.83 bits per heavy atom. The molecule has 0 N–H and O–H groups in total. The molecule has 0 aliphatic carbocycles. The normalized spacial score (nSPS) is 29.0. The number of rotatable bonds is 5. The van der Waals surface area contributed by atoms with Crippen LogP contribution >= 0.6 is 0 Å². The molecule has 0 bridgehead atoms. The lowest BCUT2D eigenvalue weighted by Crippen LogP contribution is -2.40. The average Bonchev–Trinajstić information content (AvgIpc) is 3.18. The standard InChI is InChI=1S/C16H26N4O3/c1-10(2)15-17-14(18-23-15)9-19(4)12-5-6-20(8-12)13-7-11(3)22-16(13)21/h10-13H,5-9H2,1-4H3. The van der Waals surface area contributed by atoms with Gasteiger partial charge in [0.05, 0.1) is 6.54 Å². The van der Waals surface area contributed by atoms with Crippen molar-refractivity contribution < 1.29 is 14.1 Å². The molecule has 3 rings (SSSR count). The zero-order valence-electron chi connectivity index (χ0n) is 14.4. The molecule has 7 heteroatoms. The predicted molar refractivity (Wildman–Crippen MR) is 83.8 cm³/mol. The molecule has 3 unspecified atom stereocenters. The maximum atomic E-state index is 11.9. The van der Waals surface area contributed by atoms with Crippen molar-refractivity contribution in [1.29, 1.82) is 0 Å². The molecule has 23 heavy (non-hydrogen) atoms. The van der Waals surface area contributed by atoms with Crippen LogP contribution in [-0.4, -0.2) is 64.2 Å². The Labute approximate surface area is 137 Å². The van der Waals surface area contributed by atoms with Crippen LogP contribution in [0.4, 0.5) is 0 Å². The SMILES string of the molecule is CC1CC(N2CCC(N(C)Cc3noc(C(C)C)n3)C2)C(=O)O1. The van der Waals surface area contributed by atoms with E-state index in [1.54, 1.807) is 0 Å². The molecular formula is C16H26N4O3. The van der Waals surface area contributed by atoms with Crippen LogP contribution in [0, 0.1) is 0 Å². The zero-order valence-corrected chi connectivity index (χ0v) is 14.4. The van der Waals surface area contributed by atoms with Gasteiger partial charge in [0.1, 0.15) is 12.1 Å². The van der Waals surface area contributed by atoms with Crippen molar-refractivity contribution in [1.82, 2.24) is 19.9 Å². The van der Waals surface area contributed by atoms with Crippen molar-refractivity contribution in [2.75, 3.05) is 20.1 Å². The van der Waals surface area contributed by atoms with Crippen LogP contribution in [0.5, 0.6) is 0 Å². The zero-order chi connectivity index (χ0) is 16.6. The minimum absolute atomic E-state index is 0.0399. The summed E-state index contributed by atoms with van der Waals surface area (Å²) in [5.74, 6) is 1.59. The Hall–Kier alpha value is -1.47. The third-order valence-corrected chi connectivity index (χ3v) is 4.77. The topological polar surface area (TPSA) is 71.7 Å². The molecule has 0 radical (unpaired) electrons. The van der Waals surface area contributed by atoms with Crippen LogP contribution in [0.25, 0.3) is 0 Å². The summed E-state index contributed by atoms with van der Waals surface area (Å²) in [5.41, 5.74) is 0. The van der Waals surface area contributed by atoms with Gasteiger partial charge in [-0.15, -0.1) is 0 Å². The van der Waals surface area contributed by atoms with Gasteiger partial charge in [0.15, 0.2) is 5.82 Å². The Morgan fingerprint density at radius 2 is 2.22 bits per heavy atom. The minimum Gasteiger partial charge on any atom is -0.461 e. The number of carbonyl (C=O) groups is 1. The van der Waals surface area contributed by atoms with Crippen LogP contribution in [-0.2, 0) is 16.1 Å². The first-order valence-electron chi connectivity index (χ1n) is 8.41. The summed E-state index contributed by atoms with van der Waals surface area (Å²) in [6.45, 7) is 8.53. The molecule has 128 valence electrons. The molecule has 7 nitrogen and oxygen atoms in total. The molecule has 2 aliphatic heterocycles. The molecule has 0 aromatic carbocycles. The van der Waals surface area contributed by atoms with Gasteiger partial charge in [-0.2, -0.15) is 4.98 Å². The molecule has 0 amide bonds. The maximum absolute atomic E-state index is 11.9. The first-order valence-corrected chi connectivity index (χ1v) is 8.41. The van der Waals surface area contributed by atoms with E-state index in [0.717, 1.165) is 31.8 Å². The van der Waals surface area contributed by atoms with Gasteiger partial charge in [0.2, 0.25) is 5.89 Å². The van der Waals surface area contributed by atoms with E-state index < -0.39 is 0 Å². The summed E-state index contributed by atoms with van der Waals surface area (Å²) in [4.78, 5) is 20.8. The van der Waals surface area contributed by atoms with E-state index in [4.69, 9.17) is 9.26 Å². The first kappa shape index (κ1) is 16.4. The lowest BCUT2D eigenvalue weighted by atomic mass is 10.1. The third kappa shape index (κ3) is 3.55. The van der Waals surface area contributed by atoms with Crippen LogP contribution < -0.4 is 0 Å². The number of likely N-dealkylation sites (N-methyl/N-ethyl adjacent to an activating group) is 1. The number of esters is 1. The quantitative estimate of drug-likeness (QED) is 0.759. The van der Waals surface area contributed by atoms with Crippen molar-refractivity contribution in [2.24, 2.45) is 0 Å². The van der Waals surface area contributed by atoms with Gasteiger partial charge in [-0.1, -0.05) is 19.0 Å². The number of likely N-dealkylation sites (tertiary alicyclic amines) is 1. The third-order valence-electron chi connectivity index (χ3n) is 4.77. The van der Waals surface area contributed by atoms with E-state index in [9.17, 15) is 4.79 Å². The Balaban J connectivity index is 1.54. The number of cyclic esters (lactones) is 1. The molecule has 0 spiro atoms. The van der Waals surface area contributed by atoms with Crippen molar-refractivity contribution in [3.05, 3.63) is 11.7 Å². The van der Waals surface area contributed by atoms with E-state index in [1.165, 1.54) is 0 Å². The largest absolute Gasteiger partial charge is 0.461 e. The van der Waals surface area contributed by atoms with Crippen molar-refractivity contribution in [2.45, 2.75) is 64.3 Å². The smallest absolute Gasteiger partial charge is 0.323 e. The van der Waals surface area contributed by atoms with Crippen molar-refractivity contribution in [3.63, 3.8) is 0 Å². The van der Waals surface area contributed by atoms with Crippen molar-refractivity contribution in [3.8, 4) is 0 Å². The summed E-state index contributed by atoms with van der Waals surface area (Å²) >= 11 is 0. The number of hydrogen-bond acceptors (Lipinski definition) is 7. The second kappa shape index (κ2) is 6.57. The average molecular weight is 322 g/mol. The summed E-state index contributed by atoms with van der Waals surface area (Å²) in [5, 5.41) is 4.05. The van der Waals surface area contributed by atoms with E-state index in [2.05, 4.69) is 27.0 Å². The Bertz CT molecular complexity index is 559. The molecular weight excluding hydrogens is 296 g/mol. The van der Waals surface area contributed by atoms with E-state index in [1.807, 2.05) is 20.8 Å². The number of ether oxygens (including phenoxy) is 1. The highest BCUT2D eigenvalue weighted by atomic mass is 16.6. The van der Waals surface area contributed by atoms with Crippen molar-refractivity contribution >= 4 is 5.97 Å². The summed E-state index contributed by atoms with van der Waals surface area (Å²) in [6, 6.07) is 0.334. The van der Waals surface area contributed by atoms with Gasteiger partial charge < -0.3 is 9.26 Å². The second-order valence-corrected chi connectivity index (χ2v) is 7.06. The fourth-order valence-electron chi connectivity index (χ4n) is 3.36. The molecule has 1 aromatic heterocycles. The minimum atomic E-state index is -0.0689. The molecule has 3 atom stereocenters. The van der Waals surface area contributed by atoms with Gasteiger partial charge in [-0.3, -0.25) is 14.6 Å². The van der Waals surface area contributed by atoms with E-state index in [-0.39, 0.29) is 24.0 Å². The number of hydrogen-bond donors (Lipinski definition) is 0. The van der Waals surface area contributed by atoms with Gasteiger partial charge in [-0.25, -0.2) is 0 Å². The molecule has 0 saturated carbocycles. The van der Waals surface area contributed by atoms with Crippen LogP contribution in [0.15, 0.2) is 4.52 Å². The monoisotopic (exact) mass is 322 g/mol. The number of carbonyl (C=O) groups excluding carboxylic acids is 1. The van der Waals surface area contributed by atoms with Gasteiger partial charge in [0.25, 0.3) is 0 Å². The lowest BCUT2D eigenvalue weighted by molar-refractivity contribution is -0.144. The molecule has 2 aliphatic rings. The molecule has 3 heterocycles. The maximum Gasteiger partial charge on any atom is 0.323 e. The summed E-state index contributed by atoms with van der Waals surface area (Å²) in [7, 11) is 2.08. The van der Waals surface area contributed by atoms with E-state index >= 15 is 0 Å². The number of aromatic nitrogens is 2. The Morgan fingerprint density at radius 1 is 1.43 bits per heavy atom. The predicted octanol–water partition coefficient (Wildman–Crippen LogP) is 1.40. The molecule has 2 fully saturated rings. The summed E-state index contributed by atoms with van der Waals surface area (Å²) in [6.07, 6.45) is 1.89. The summed E-state index contributed by atoms with van der Waals surface area (Å²) < 4.78 is 10.5. The lowest BCUT2D eigenvalue weighted by Gasteiger charge is -2.24. The van der Waals surface area contributed by atoms with Gasteiger partial charge in [0, 0.05) is 31.5 Å². The second-order valence-electron chi connectivity index (χ2n) is 7.06. The van der Waals surface area contributed by atoms with Crippen LogP contribution in [0.3, 0.4) is 0 Å². The highest BCUT2D eigenvalue weighted by molar-refractivity contribution is 5.78. The number of nitrogens with zero attached hydrogens (tertiary/aromatic N) is 4. The van der Waals surface area contributed by atoms with Gasteiger partial charge >= 0.3 is 5.97 Å². The fraction of sp³-hybridized carbons (Fsp3) is 0.812. The molecule has 1 aromatic rings.